The molecule has 25 heavy (non-hydrogen) atoms. The lowest BCUT2D eigenvalue weighted by molar-refractivity contribution is -0.128. The van der Waals surface area contributed by atoms with Crippen LogP contribution >= 0.6 is 0 Å². The lowest BCUT2D eigenvalue weighted by atomic mass is 10.1. The summed E-state index contributed by atoms with van der Waals surface area (Å²) >= 11 is 0. The number of para-hydroxylation sites is 1. The summed E-state index contributed by atoms with van der Waals surface area (Å²) in [6.45, 7) is 7.55. The number of benzene rings is 1. The number of carbonyl (C=O) groups is 2. The van der Waals surface area contributed by atoms with E-state index in [9.17, 15) is 9.59 Å². The van der Waals surface area contributed by atoms with Crippen LogP contribution in [0, 0.1) is 0 Å². The van der Waals surface area contributed by atoms with Crippen molar-refractivity contribution >= 4 is 17.4 Å². The summed E-state index contributed by atoms with van der Waals surface area (Å²) in [7, 11) is 1.63. The van der Waals surface area contributed by atoms with Gasteiger partial charge in [0.2, 0.25) is 11.8 Å². The lowest BCUT2D eigenvalue weighted by Gasteiger charge is -2.33. The molecular formula is C19H27N3O3. The molecular weight excluding hydrogens is 318 g/mol. The van der Waals surface area contributed by atoms with Crippen LogP contribution in [0.25, 0.3) is 5.57 Å². The molecule has 0 radical (unpaired) electrons. The van der Waals surface area contributed by atoms with E-state index in [0.717, 1.165) is 16.9 Å². The first-order chi connectivity index (χ1) is 12.0. The molecule has 0 aromatic heterocycles. The maximum Gasteiger partial charge on any atom is 0.246 e. The van der Waals surface area contributed by atoms with Gasteiger partial charge in [-0.1, -0.05) is 18.2 Å². The third-order valence-electron chi connectivity index (χ3n) is 4.30. The maximum absolute atomic E-state index is 12.5. The Kier molecular flexibility index (Phi) is 7.01. The van der Waals surface area contributed by atoms with Gasteiger partial charge in [0.1, 0.15) is 5.75 Å². The van der Waals surface area contributed by atoms with Crippen molar-refractivity contribution in [1.29, 1.82) is 0 Å². The first kappa shape index (κ1) is 19.0. The second-order valence-electron chi connectivity index (χ2n) is 6.08. The molecule has 1 saturated heterocycles. The molecule has 136 valence electrons. The van der Waals surface area contributed by atoms with Gasteiger partial charge in [-0.15, -0.1) is 0 Å². The minimum absolute atomic E-state index is 0.000987. The Morgan fingerprint density at radius 1 is 1.20 bits per heavy atom. The fourth-order valence-corrected chi connectivity index (χ4v) is 2.91. The molecule has 1 aliphatic rings. The largest absolute Gasteiger partial charge is 0.496 e. The molecule has 0 aliphatic carbocycles. The molecule has 1 heterocycles. The van der Waals surface area contributed by atoms with Crippen molar-refractivity contribution in [2.24, 2.45) is 0 Å². The number of hydrogen-bond donors (Lipinski definition) is 1. The van der Waals surface area contributed by atoms with Gasteiger partial charge in [0.15, 0.2) is 0 Å². The van der Waals surface area contributed by atoms with Crippen LogP contribution in [0.4, 0.5) is 0 Å². The van der Waals surface area contributed by atoms with Crippen molar-refractivity contribution in [2.45, 2.75) is 13.8 Å². The van der Waals surface area contributed by atoms with E-state index in [1.807, 2.05) is 43.0 Å². The maximum atomic E-state index is 12.5. The summed E-state index contributed by atoms with van der Waals surface area (Å²) in [6, 6.07) is 7.67. The smallest absolute Gasteiger partial charge is 0.246 e. The van der Waals surface area contributed by atoms with Crippen LogP contribution in [-0.4, -0.2) is 68.0 Å². The number of methoxy groups -OCH3 is 1. The Morgan fingerprint density at radius 2 is 1.88 bits per heavy atom. The molecule has 1 fully saturated rings. The highest BCUT2D eigenvalue weighted by molar-refractivity contribution is 5.95. The molecule has 2 amide bonds. The molecule has 2 rings (SSSR count). The first-order valence-electron chi connectivity index (χ1n) is 8.64. The van der Waals surface area contributed by atoms with Crippen LogP contribution in [0.15, 0.2) is 30.3 Å². The van der Waals surface area contributed by atoms with Crippen molar-refractivity contribution < 1.29 is 14.3 Å². The highest BCUT2D eigenvalue weighted by atomic mass is 16.5. The van der Waals surface area contributed by atoms with Gasteiger partial charge in [0, 0.05) is 44.4 Å². The average Bonchev–Trinajstić information content (AvgIpc) is 2.62. The SMILES string of the molecule is CCNC(=O)CN1CCN(C(=O)C=C(C)c2ccccc2OC)CC1. The van der Waals surface area contributed by atoms with E-state index in [1.54, 1.807) is 13.2 Å². The molecule has 1 N–H and O–H groups in total. The van der Waals surface area contributed by atoms with Gasteiger partial charge >= 0.3 is 0 Å². The quantitative estimate of drug-likeness (QED) is 0.791. The molecule has 0 spiro atoms. The number of nitrogens with zero attached hydrogens (tertiary/aromatic N) is 2. The van der Waals surface area contributed by atoms with Crippen LogP contribution in [0.1, 0.15) is 19.4 Å². The summed E-state index contributed by atoms with van der Waals surface area (Å²) in [5, 5.41) is 2.80. The Hall–Kier alpha value is -2.34. The minimum atomic E-state index is 0.000987. The second kappa shape index (κ2) is 9.22. The monoisotopic (exact) mass is 345 g/mol. The van der Waals surface area contributed by atoms with Gasteiger partial charge in [-0.3, -0.25) is 14.5 Å². The molecule has 6 nitrogen and oxygen atoms in total. The van der Waals surface area contributed by atoms with Crippen LogP contribution in [-0.2, 0) is 9.59 Å². The number of allylic oxidation sites excluding steroid dienone is 1. The van der Waals surface area contributed by atoms with E-state index in [0.29, 0.717) is 39.3 Å². The topological polar surface area (TPSA) is 61.9 Å². The van der Waals surface area contributed by atoms with Crippen LogP contribution < -0.4 is 10.1 Å². The summed E-state index contributed by atoms with van der Waals surface area (Å²) in [4.78, 5) is 28.1. The van der Waals surface area contributed by atoms with Crippen molar-refractivity contribution in [2.75, 3.05) is 46.4 Å². The normalized spacial score (nSPS) is 15.8. The van der Waals surface area contributed by atoms with E-state index in [1.165, 1.54) is 0 Å². The van der Waals surface area contributed by atoms with E-state index in [-0.39, 0.29) is 11.8 Å². The fraction of sp³-hybridized carbons (Fsp3) is 0.474. The number of rotatable bonds is 6. The number of ether oxygens (including phenoxy) is 1. The van der Waals surface area contributed by atoms with E-state index in [4.69, 9.17) is 4.74 Å². The molecule has 0 saturated carbocycles. The second-order valence-corrected chi connectivity index (χ2v) is 6.08. The van der Waals surface area contributed by atoms with E-state index < -0.39 is 0 Å². The van der Waals surface area contributed by atoms with Crippen LogP contribution in [0.5, 0.6) is 5.75 Å². The van der Waals surface area contributed by atoms with Crippen molar-refractivity contribution in [3.05, 3.63) is 35.9 Å². The predicted octanol–water partition coefficient (Wildman–Crippen LogP) is 1.38. The van der Waals surface area contributed by atoms with Gasteiger partial charge in [0.25, 0.3) is 0 Å². The highest BCUT2D eigenvalue weighted by Crippen LogP contribution is 2.25. The number of likely N-dealkylation sites (N-methyl/N-ethyl adjacent to an activating group) is 1. The molecule has 0 atom stereocenters. The zero-order valence-electron chi connectivity index (χ0n) is 15.2. The van der Waals surface area contributed by atoms with Gasteiger partial charge in [-0.25, -0.2) is 0 Å². The third-order valence-corrected chi connectivity index (χ3v) is 4.30. The zero-order chi connectivity index (χ0) is 18.2. The van der Waals surface area contributed by atoms with E-state index >= 15 is 0 Å². The van der Waals surface area contributed by atoms with E-state index in [2.05, 4.69) is 10.2 Å². The lowest BCUT2D eigenvalue weighted by Crippen LogP contribution is -2.50. The summed E-state index contributed by atoms with van der Waals surface area (Å²) in [5.41, 5.74) is 1.81. The minimum Gasteiger partial charge on any atom is -0.496 e. The predicted molar refractivity (Wildman–Crippen MR) is 98.3 cm³/mol. The summed E-state index contributed by atoms with van der Waals surface area (Å²) < 4.78 is 5.35. The Balaban J connectivity index is 1.93. The van der Waals surface area contributed by atoms with Crippen LogP contribution in [0.2, 0.25) is 0 Å². The van der Waals surface area contributed by atoms with Gasteiger partial charge in [-0.2, -0.15) is 0 Å². The van der Waals surface area contributed by atoms with Crippen LogP contribution in [0.3, 0.4) is 0 Å². The molecule has 1 aliphatic heterocycles. The third kappa shape index (κ3) is 5.32. The molecule has 1 aromatic rings. The molecule has 1 aromatic carbocycles. The molecule has 6 heteroatoms. The number of amides is 2. The fourth-order valence-electron chi connectivity index (χ4n) is 2.91. The Morgan fingerprint density at radius 3 is 2.52 bits per heavy atom. The van der Waals surface area contributed by atoms with Gasteiger partial charge < -0.3 is 15.0 Å². The Labute approximate surface area is 149 Å². The number of hydrogen-bond acceptors (Lipinski definition) is 4. The average molecular weight is 345 g/mol. The van der Waals surface area contributed by atoms with Crippen molar-refractivity contribution in [1.82, 2.24) is 15.1 Å². The van der Waals surface area contributed by atoms with Gasteiger partial charge in [-0.05, 0) is 25.5 Å². The molecule has 0 bridgehead atoms. The standard InChI is InChI=1S/C19H27N3O3/c1-4-20-18(23)14-21-9-11-22(12-10-21)19(24)13-15(2)16-7-5-6-8-17(16)25-3/h5-8,13H,4,9-12,14H2,1-3H3,(H,20,23). The van der Waals surface area contributed by atoms with Gasteiger partial charge in [0.05, 0.1) is 13.7 Å². The number of piperazine rings is 1. The number of carbonyl (C=O) groups excluding carboxylic acids is 2. The zero-order valence-corrected chi connectivity index (χ0v) is 15.2. The highest BCUT2D eigenvalue weighted by Gasteiger charge is 2.21. The summed E-state index contributed by atoms with van der Waals surface area (Å²) in [6.07, 6.45) is 1.66. The van der Waals surface area contributed by atoms with Crippen molar-refractivity contribution in [3.8, 4) is 5.75 Å². The molecule has 0 unspecified atom stereocenters. The summed E-state index contributed by atoms with van der Waals surface area (Å²) in [5.74, 6) is 0.797. The first-order valence-corrected chi connectivity index (χ1v) is 8.64. The van der Waals surface area contributed by atoms with Crippen molar-refractivity contribution in [3.63, 3.8) is 0 Å². The Bertz CT molecular complexity index is 635. The number of nitrogens with one attached hydrogen (secondary N) is 1.